The van der Waals surface area contributed by atoms with Crippen molar-refractivity contribution in [2.75, 3.05) is 14.2 Å². The number of hydrogen-bond donors (Lipinski definition) is 3. The van der Waals surface area contributed by atoms with Gasteiger partial charge in [-0.05, 0) is 18.2 Å². The minimum absolute atomic E-state index is 0.0495. The summed E-state index contributed by atoms with van der Waals surface area (Å²) in [6.45, 7) is 0. The van der Waals surface area contributed by atoms with Gasteiger partial charge in [-0.15, -0.1) is 0 Å². The maximum atomic E-state index is 12.1. The number of carbonyl (C=O) groups is 3. The number of carbonyl (C=O) groups excluding carboxylic acids is 1. The van der Waals surface area contributed by atoms with E-state index in [0.717, 1.165) is 0 Å². The summed E-state index contributed by atoms with van der Waals surface area (Å²) in [7, 11) is 2.76. The highest BCUT2D eigenvalue weighted by atomic mass is 16.5. The third-order valence-corrected chi connectivity index (χ3v) is 2.63. The molecule has 0 unspecified atom stereocenters. The van der Waals surface area contributed by atoms with Crippen LogP contribution >= 0.6 is 0 Å². The maximum Gasteiger partial charge on any atom is 0.326 e. The zero-order valence-corrected chi connectivity index (χ0v) is 11.5. The van der Waals surface area contributed by atoms with Crippen LogP contribution < -0.4 is 14.8 Å². The largest absolute Gasteiger partial charge is 0.497 e. The minimum atomic E-state index is -1.54. The van der Waals surface area contributed by atoms with Crippen molar-refractivity contribution in [2.45, 2.75) is 12.5 Å². The predicted octanol–water partition coefficient (Wildman–Crippen LogP) is 0.361. The highest BCUT2D eigenvalue weighted by Gasteiger charge is 2.25. The number of rotatable bonds is 7. The topological polar surface area (TPSA) is 122 Å². The van der Waals surface area contributed by atoms with Crippen LogP contribution in [-0.2, 0) is 9.59 Å². The van der Waals surface area contributed by atoms with E-state index in [4.69, 9.17) is 19.7 Å². The molecule has 0 aliphatic rings. The van der Waals surface area contributed by atoms with Crippen LogP contribution in [0.4, 0.5) is 0 Å². The smallest absolute Gasteiger partial charge is 0.326 e. The summed E-state index contributed by atoms with van der Waals surface area (Å²) in [4.78, 5) is 33.6. The van der Waals surface area contributed by atoms with Gasteiger partial charge in [-0.1, -0.05) is 0 Å². The van der Waals surface area contributed by atoms with E-state index in [1.54, 1.807) is 6.07 Å². The van der Waals surface area contributed by atoms with Crippen LogP contribution in [0.15, 0.2) is 18.2 Å². The molecule has 21 heavy (non-hydrogen) atoms. The number of methoxy groups -OCH3 is 2. The fraction of sp³-hybridized carbons (Fsp3) is 0.308. The van der Waals surface area contributed by atoms with Gasteiger partial charge in [-0.25, -0.2) is 4.79 Å². The molecule has 8 heteroatoms. The number of aliphatic carboxylic acids is 2. The molecule has 3 N–H and O–H groups in total. The van der Waals surface area contributed by atoms with E-state index in [1.165, 1.54) is 26.4 Å². The fourth-order valence-corrected chi connectivity index (χ4v) is 1.60. The van der Waals surface area contributed by atoms with Crippen molar-refractivity contribution in [3.63, 3.8) is 0 Å². The Balaban J connectivity index is 3.01. The van der Waals surface area contributed by atoms with Gasteiger partial charge in [0.25, 0.3) is 5.91 Å². The Bertz CT molecular complexity index is 555. The first-order valence-corrected chi connectivity index (χ1v) is 5.86. The Hall–Kier alpha value is -2.77. The third-order valence-electron chi connectivity index (χ3n) is 2.63. The molecule has 0 radical (unpaired) electrons. The average molecular weight is 297 g/mol. The van der Waals surface area contributed by atoms with Gasteiger partial charge in [-0.3, -0.25) is 9.59 Å². The van der Waals surface area contributed by atoms with Crippen LogP contribution in [0.5, 0.6) is 11.5 Å². The lowest BCUT2D eigenvalue weighted by atomic mass is 10.1. The summed E-state index contributed by atoms with van der Waals surface area (Å²) in [6, 6.07) is 2.89. The molecule has 0 saturated carbocycles. The second-order valence-corrected chi connectivity index (χ2v) is 4.03. The SMILES string of the molecule is COc1ccc(OC)c(C(=O)N[C@@H](CC(=O)O)C(=O)O)c1. The molecule has 0 aliphatic heterocycles. The molecule has 0 aliphatic carbocycles. The highest BCUT2D eigenvalue weighted by Crippen LogP contribution is 2.23. The molecule has 1 rings (SSSR count). The number of amides is 1. The Morgan fingerprint density at radius 2 is 1.86 bits per heavy atom. The van der Waals surface area contributed by atoms with Crippen LogP contribution in [0.3, 0.4) is 0 Å². The number of hydrogen-bond acceptors (Lipinski definition) is 5. The van der Waals surface area contributed by atoms with Crippen LogP contribution in [0.2, 0.25) is 0 Å². The van der Waals surface area contributed by atoms with Crippen molar-refractivity contribution in [1.82, 2.24) is 5.32 Å². The van der Waals surface area contributed by atoms with Crippen LogP contribution in [-0.4, -0.2) is 48.3 Å². The number of ether oxygens (including phenoxy) is 2. The summed E-state index contributed by atoms with van der Waals surface area (Å²) < 4.78 is 9.98. The number of carboxylic acids is 2. The molecule has 0 saturated heterocycles. The van der Waals surface area contributed by atoms with E-state index in [0.29, 0.717) is 5.75 Å². The van der Waals surface area contributed by atoms with Crippen molar-refractivity contribution < 1.29 is 34.1 Å². The molecule has 0 heterocycles. The van der Waals surface area contributed by atoms with E-state index in [1.807, 2.05) is 0 Å². The Kier molecular flexibility index (Phi) is 5.53. The first-order chi connectivity index (χ1) is 9.88. The van der Waals surface area contributed by atoms with Crippen molar-refractivity contribution in [3.8, 4) is 11.5 Å². The lowest BCUT2D eigenvalue weighted by Gasteiger charge is -2.14. The zero-order valence-electron chi connectivity index (χ0n) is 11.5. The van der Waals surface area contributed by atoms with Crippen LogP contribution in [0.25, 0.3) is 0 Å². The summed E-state index contributed by atoms with van der Waals surface area (Å²) in [5, 5.41) is 19.7. The molecular weight excluding hydrogens is 282 g/mol. The molecule has 1 amide bonds. The molecular formula is C13H15NO7. The first kappa shape index (κ1) is 16.3. The van der Waals surface area contributed by atoms with E-state index in [-0.39, 0.29) is 11.3 Å². The van der Waals surface area contributed by atoms with Crippen molar-refractivity contribution >= 4 is 17.8 Å². The molecule has 0 bridgehead atoms. The second kappa shape index (κ2) is 7.13. The zero-order chi connectivity index (χ0) is 16.0. The Morgan fingerprint density at radius 3 is 2.33 bits per heavy atom. The van der Waals surface area contributed by atoms with Crippen LogP contribution in [0, 0.1) is 0 Å². The quantitative estimate of drug-likeness (QED) is 0.664. The summed E-state index contributed by atoms with van der Waals surface area (Å²) in [5.41, 5.74) is 0.0495. The second-order valence-electron chi connectivity index (χ2n) is 4.03. The normalized spacial score (nSPS) is 11.3. The summed E-state index contributed by atoms with van der Waals surface area (Å²) in [5.74, 6) is -2.94. The lowest BCUT2D eigenvalue weighted by molar-refractivity contribution is -0.145. The van der Waals surface area contributed by atoms with Crippen LogP contribution in [0.1, 0.15) is 16.8 Å². The Morgan fingerprint density at radius 1 is 1.19 bits per heavy atom. The lowest BCUT2D eigenvalue weighted by Crippen LogP contribution is -2.42. The van der Waals surface area contributed by atoms with Gasteiger partial charge in [-0.2, -0.15) is 0 Å². The fourth-order valence-electron chi connectivity index (χ4n) is 1.60. The van der Waals surface area contributed by atoms with E-state index in [2.05, 4.69) is 5.32 Å². The molecule has 0 spiro atoms. The standard InChI is InChI=1S/C13H15NO7/c1-20-7-3-4-10(21-2)8(5-7)12(17)14-9(13(18)19)6-11(15)16/h3-5,9H,6H2,1-2H3,(H,14,17)(H,15,16)(H,18,19)/t9-/m0/s1. The summed E-state index contributed by atoms with van der Waals surface area (Å²) >= 11 is 0. The molecule has 114 valence electrons. The molecule has 0 fully saturated rings. The molecule has 1 aromatic rings. The average Bonchev–Trinajstić information content (AvgIpc) is 2.45. The van der Waals surface area contributed by atoms with E-state index >= 15 is 0 Å². The minimum Gasteiger partial charge on any atom is -0.497 e. The Labute approximate surface area is 120 Å². The first-order valence-electron chi connectivity index (χ1n) is 5.86. The van der Waals surface area contributed by atoms with Gasteiger partial charge in [0, 0.05) is 0 Å². The van der Waals surface area contributed by atoms with Crippen molar-refractivity contribution in [3.05, 3.63) is 23.8 Å². The molecule has 0 aromatic heterocycles. The number of carboxylic acid groups (broad SMARTS) is 2. The van der Waals surface area contributed by atoms with Crippen molar-refractivity contribution in [1.29, 1.82) is 0 Å². The van der Waals surface area contributed by atoms with Gasteiger partial charge in [0.1, 0.15) is 17.5 Å². The third kappa shape index (κ3) is 4.37. The number of nitrogens with one attached hydrogen (secondary N) is 1. The summed E-state index contributed by atoms with van der Waals surface area (Å²) in [6.07, 6.45) is -0.729. The molecule has 1 aromatic carbocycles. The number of benzene rings is 1. The van der Waals surface area contributed by atoms with Gasteiger partial charge in [0.05, 0.1) is 26.2 Å². The monoisotopic (exact) mass is 297 g/mol. The maximum absolute atomic E-state index is 12.1. The predicted molar refractivity (Wildman–Crippen MR) is 70.7 cm³/mol. The molecule has 8 nitrogen and oxygen atoms in total. The van der Waals surface area contributed by atoms with E-state index < -0.39 is 30.3 Å². The van der Waals surface area contributed by atoms with Gasteiger partial charge in [0.15, 0.2) is 0 Å². The van der Waals surface area contributed by atoms with Crippen molar-refractivity contribution in [2.24, 2.45) is 0 Å². The van der Waals surface area contributed by atoms with Gasteiger partial charge < -0.3 is 25.0 Å². The molecule has 1 atom stereocenters. The van der Waals surface area contributed by atoms with Gasteiger partial charge in [0.2, 0.25) is 0 Å². The van der Waals surface area contributed by atoms with Gasteiger partial charge >= 0.3 is 11.9 Å². The van der Waals surface area contributed by atoms with E-state index in [9.17, 15) is 14.4 Å². The highest BCUT2D eigenvalue weighted by molar-refractivity contribution is 5.99.